The molecule has 0 unspecified atom stereocenters. The minimum Gasteiger partial charge on any atom is -0.330 e. The van der Waals surface area contributed by atoms with Crippen LogP contribution in [0.5, 0.6) is 0 Å². The molecule has 7 heteroatoms. The van der Waals surface area contributed by atoms with E-state index >= 15 is 0 Å². The van der Waals surface area contributed by atoms with E-state index in [2.05, 4.69) is 16.7 Å². The van der Waals surface area contributed by atoms with Crippen LogP contribution in [-0.4, -0.2) is 22.9 Å². The van der Waals surface area contributed by atoms with Crippen LogP contribution in [-0.2, 0) is 6.54 Å². The molecule has 138 valence electrons. The maximum atomic E-state index is 13.0. The van der Waals surface area contributed by atoms with E-state index in [-0.39, 0.29) is 11.9 Å². The summed E-state index contributed by atoms with van der Waals surface area (Å²) in [6.07, 6.45) is 2.13. The average Bonchev–Trinajstić information content (AvgIpc) is 3.17. The van der Waals surface area contributed by atoms with Crippen LogP contribution in [0.1, 0.15) is 27.4 Å². The fraction of sp³-hybridized carbons (Fsp3) is 0.200. The molecule has 5 nitrogen and oxygen atoms in total. The summed E-state index contributed by atoms with van der Waals surface area (Å²) >= 11 is 2.97. The number of urea groups is 1. The Morgan fingerprint density at radius 2 is 1.81 bits per heavy atom. The Morgan fingerprint density at radius 1 is 1.00 bits per heavy atom. The van der Waals surface area contributed by atoms with Crippen molar-refractivity contribution in [1.82, 2.24) is 4.90 Å². The number of benzene rings is 1. The number of nitrogens with zero attached hydrogens (tertiary/aromatic N) is 1. The summed E-state index contributed by atoms with van der Waals surface area (Å²) in [6.45, 7) is 0.649. The van der Waals surface area contributed by atoms with Crippen molar-refractivity contribution in [2.24, 2.45) is 0 Å². The van der Waals surface area contributed by atoms with Crippen molar-refractivity contribution < 1.29 is 9.59 Å². The third-order valence-electron chi connectivity index (χ3n) is 4.24. The monoisotopic (exact) mass is 397 g/mol. The second kappa shape index (κ2) is 7.94. The van der Waals surface area contributed by atoms with E-state index < -0.39 is 0 Å². The van der Waals surface area contributed by atoms with Crippen molar-refractivity contribution in [1.29, 1.82) is 0 Å². The number of carbonyl (C=O) groups excluding carboxylic acids is 2. The zero-order valence-electron chi connectivity index (χ0n) is 14.6. The van der Waals surface area contributed by atoms with Gasteiger partial charge in [0.2, 0.25) is 0 Å². The zero-order valence-corrected chi connectivity index (χ0v) is 16.2. The Bertz CT molecular complexity index is 918. The molecule has 3 amide bonds. The van der Waals surface area contributed by atoms with Crippen molar-refractivity contribution in [2.45, 2.75) is 25.4 Å². The van der Waals surface area contributed by atoms with Crippen LogP contribution in [0.25, 0.3) is 0 Å². The largest absolute Gasteiger partial charge is 0.330 e. The van der Waals surface area contributed by atoms with Gasteiger partial charge in [0.1, 0.15) is 0 Å². The molecule has 3 aromatic rings. The molecule has 4 rings (SSSR count). The molecular weight excluding hydrogens is 378 g/mol. The highest BCUT2D eigenvalue weighted by molar-refractivity contribution is 7.18. The number of anilines is 2. The van der Waals surface area contributed by atoms with E-state index in [9.17, 15) is 9.59 Å². The SMILES string of the molecule is O=C(Nc1ccccc1)Nc1ccc(C(=O)N(Cc2cccs2)C2CC2)s1. The topological polar surface area (TPSA) is 61.4 Å². The van der Waals surface area contributed by atoms with Crippen LogP contribution < -0.4 is 10.6 Å². The van der Waals surface area contributed by atoms with E-state index in [1.54, 1.807) is 23.5 Å². The van der Waals surface area contributed by atoms with Crippen LogP contribution in [0.3, 0.4) is 0 Å². The third kappa shape index (κ3) is 4.56. The van der Waals surface area contributed by atoms with E-state index in [1.165, 1.54) is 16.2 Å². The molecule has 2 N–H and O–H groups in total. The lowest BCUT2D eigenvalue weighted by atomic mass is 10.3. The van der Waals surface area contributed by atoms with Crippen LogP contribution in [0, 0.1) is 0 Å². The summed E-state index contributed by atoms with van der Waals surface area (Å²) < 4.78 is 0. The second-order valence-electron chi connectivity index (χ2n) is 6.35. The van der Waals surface area contributed by atoms with Crippen molar-refractivity contribution in [3.63, 3.8) is 0 Å². The molecule has 1 aliphatic rings. The molecule has 0 atom stereocenters. The van der Waals surface area contributed by atoms with Gasteiger partial charge in [0.25, 0.3) is 5.91 Å². The zero-order chi connectivity index (χ0) is 18.6. The van der Waals surface area contributed by atoms with E-state index in [0.29, 0.717) is 22.5 Å². The number of hydrogen-bond donors (Lipinski definition) is 2. The Labute approximate surface area is 165 Å². The molecule has 0 spiro atoms. The number of thiophene rings is 2. The van der Waals surface area contributed by atoms with Crippen LogP contribution in [0.15, 0.2) is 60.0 Å². The van der Waals surface area contributed by atoms with E-state index in [4.69, 9.17) is 0 Å². The minimum atomic E-state index is -0.320. The van der Waals surface area contributed by atoms with Crippen molar-refractivity contribution in [3.8, 4) is 0 Å². The van der Waals surface area contributed by atoms with Gasteiger partial charge in [-0.2, -0.15) is 0 Å². The lowest BCUT2D eigenvalue weighted by molar-refractivity contribution is 0.0736. The molecule has 1 aromatic carbocycles. The van der Waals surface area contributed by atoms with Gasteiger partial charge in [0.05, 0.1) is 16.4 Å². The molecule has 0 saturated heterocycles. The fourth-order valence-corrected chi connectivity index (χ4v) is 4.34. The summed E-state index contributed by atoms with van der Waals surface area (Å²) in [5, 5.41) is 8.25. The molecule has 0 bridgehead atoms. The minimum absolute atomic E-state index is 0.0346. The van der Waals surface area contributed by atoms with Crippen LogP contribution in [0.4, 0.5) is 15.5 Å². The second-order valence-corrected chi connectivity index (χ2v) is 8.47. The molecule has 2 heterocycles. The first-order chi connectivity index (χ1) is 13.2. The standard InChI is InChI=1S/C20H19N3O2S2/c24-19(23(15-8-9-15)13-16-7-4-12-26-16)17-10-11-18(27-17)22-20(25)21-14-5-2-1-3-6-14/h1-7,10-12,15H,8-9,13H2,(H2,21,22,25). The lowest BCUT2D eigenvalue weighted by Gasteiger charge is -2.21. The summed E-state index contributed by atoms with van der Waals surface area (Å²) in [5.74, 6) is 0.0346. The fourth-order valence-electron chi connectivity index (χ4n) is 2.78. The Balaban J connectivity index is 1.40. The predicted octanol–water partition coefficient (Wildman–Crippen LogP) is 5.26. The summed E-state index contributed by atoms with van der Waals surface area (Å²) in [7, 11) is 0. The Hall–Kier alpha value is -2.64. The number of para-hydroxylation sites is 1. The highest BCUT2D eigenvalue weighted by Gasteiger charge is 2.33. The molecular formula is C20H19N3O2S2. The number of nitrogens with one attached hydrogen (secondary N) is 2. The highest BCUT2D eigenvalue weighted by Crippen LogP contribution is 2.32. The summed E-state index contributed by atoms with van der Waals surface area (Å²) in [5.41, 5.74) is 0.721. The van der Waals surface area contributed by atoms with Gasteiger partial charge in [-0.15, -0.1) is 22.7 Å². The lowest BCUT2D eigenvalue weighted by Crippen LogP contribution is -2.31. The van der Waals surface area contributed by atoms with Gasteiger partial charge in [-0.3, -0.25) is 10.1 Å². The Morgan fingerprint density at radius 3 is 2.52 bits per heavy atom. The molecule has 1 fully saturated rings. The van der Waals surface area contributed by atoms with E-state index in [0.717, 1.165) is 18.5 Å². The quantitative estimate of drug-likeness (QED) is 0.596. The number of carbonyl (C=O) groups is 2. The highest BCUT2D eigenvalue weighted by atomic mass is 32.1. The average molecular weight is 398 g/mol. The first-order valence-corrected chi connectivity index (χ1v) is 10.4. The normalized spacial score (nSPS) is 13.2. The number of hydrogen-bond acceptors (Lipinski definition) is 4. The number of rotatable bonds is 6. The van der Waals surface area contributed by atoms with Gasteiger partial charge < -0.3 is 10.2 Å². The first kappa shape index (κ1) is 17.8. The Kier molecular flexibility index (Phi) is 5.22. The molecule has 2 aromatic heterocycles. The van der Waals surface area contributed by atoms with Gasteiger partial charge >= 0.3 is 6.03 Å². The van der Waals surface area contributed by atoms with Gasteiger partial charge in [0.15, 0.2) is 0 Å². The molecule has 1 saturated carbocycles. The maximum absolute atomic E-state index is 13.0. The summed E-state index contributed by atoms with van der Waals surface area (Å²) in [6, 6.07) is 16.9. The van der Waals surface area contributed by atoms with Crippen molar-refractivity contribution in [2.75, 3.05) is 10.6 Å². The van der Waals surface area contributed by atoms with Gasteiger partial charge in [-0.05, 0) is 48.6 Å². The summed E-state index contributed by atoms with van der Waals surface area (Å²) in [4.78, 5) is 28.9. The maximum Gasteiger partial charge on any atom is 0.324 e. The first-order valence-electron chi connectivity index (χ1n) is 8.75. The van der Waals surface area contributed by atoms with Crippen LogP contribution >= 0.6 is 22.7 Å². The van der Waals surface area contributed by atoms with E-state index in [1.807, 2.05) is 46.7 Å². The van der Waals surface area contributed by atoms with Gasteiger partial charge in [-0.1, -0.05) is 24.3 Å². The molecule has 1 aliphatic carbocycles. The van der Waals surface area contributed by atoms with Gasteiger partial charge in [0, 0.05) is 16.6 Å². The van der Waals surface area contributed by atoms with Crippen LogP contribution in [0.2, 0.25) is 0 Å². The van der Waals surface area contributed by atoms with Crippen molar-refractivity contribution in [3.05, 3.63) is 69.7 Å². The third-order valence-corrected chi connectivity index (χ3v) is 6.09. The molecule has 0 aliphatic heterocycles. The van der Waals surface area contributed by atoms with Crippen molar-refractivity contribution >= 4 is 45.3 Å². The number of amides is 3. The predicted molar refractivity (Wildman–Crippen MR) is 111 cm³/mol. The molecule has 0 radical (unpaired) electrons. The van der Waals surface area contributed by atoms with Gasteiger partial charge in [-0.25, -0.2) is 4.79 Å². The smallest absolute Gasteiger partial charge is 0.324 e. The molecule has 27 heavy (non-hydrogen) atoms.